The van der Waals surface area contributed by atoms with Crippen LogP contribution in [0.15, 0.2) is 29.3 Å². The first-order valence-electron chi connectivity index (χ1n) is 5.95. The molecule has 3 N–H and O–H groups in total. The molecule has 0 saturated carbocycles. The minimum atomic E-state index is 0. The first-order valence-corrected chi connectivity index (χ1v) is 5.95. The van der Waals surface area contributed by atoms with E-state index < -0.39 is 0 Å². The van der Waals surface area contributed by atoms with Crippen molar-refractivity contribution in [3.8, 4) is 5.75 Å². The van der Waals surface area contributed by atoms with Crippen LogP contribution in [0.3, 0.4) is 0 Å². The molecule has 1 aromatic rings. The fraction of sp³-hybridized carbons (Fsp3) is 0.462. The molecule has 0 radical (unpaired) electrons. The predicted octanol–water partition coefficient (Wildman–Crippen LogP) is 2.30. The largest absolute Gasteiger partial charge is 0.491 e. The lowest BCUT2D eigenvalue weighted by Gasteiger charge is -2.12. The van der Waals surface area contributed by atoms with Gasteiger partial charge in [0, 0.05) is 12.1 Å². The Kier molecular flexibility index (Phi) is 5.71. The van der Waals surface area contributed by atoms with Gasteiger partial charge < -0.3 is 15.8 Å². The van der Waals surface area contributed by atoms with E-state index in [1.807, 2.05) is 18.2 Å². The van der Waals surface area contributed by atoms with Crippen molar-refractivity contribution in [2.45, 2.75) is 19.9 Å². The summed E-state index contributed by atoms with van der Waals surface area (Å²) < 4.78 is 5.56. The lowest BCUT2D eigenvalue weighted by Crippen LogP contribution is -2.36. The SMILES string of the molecule is CC(C)CN=C(N)NC1COc2ccccc21.I. The molecule has 1 aliphatic rings. The Balaban J connectivity index is 0.00000162. The van der Waals surface area contributed by atoms with Crippen LogP contribution in [-0.2, 0) is 0 Å². The van der Waals surface area contributed by atoms with Gasteiger partial charge in [0.2, 0.25) is 0 Å². The molecule has 0 amide bonds. The molecular formula is C13H20IN3O. The van der Waals surface area contributed by atoms with Crippen molar-refractivity contribution in [2.75, 3.05) is 13.2 Å². The van der Waals surface area contributed by atoms with E-state index in [0.717, 1.165) is 17.9 Å². The third kappa shape index (κ3) is 3.76. The fourth-order valence-electron chi connectivity index (χ4n) is 1.79. The van der Waals surface area contributed by atoms with Gasteiger partial charge in [0.15, 0.2) is 5.96 Å². The molecule has 0 bridgehead atoms. The van der Waals surface area contributed by atoms with Crippen molar-refractivity contribution in [1.82, 2.24) is 5.32 Å². The number of nitrogens with one attached hydrogen (secondary N) is 1. The van der Waals surface area contributed by atoms with E-state index in [9.17, 15) is 0 Å². The second-order valence-corrected chi connectivity index (χ2v) is 4.67. The van der Waals surface area contributed by atoms with Crippen LogP contribution in [0.4, 0.5) is 0 Å². The van der Waals surface area contributed by atoms with Crippen LogP contribution in [0.5, 0.6) is 5.75 Å². The summed E-state index contributed by atoms with van der Waals surface area (Å²) in [5, 5.41) is 3.19. The minimum absolute atomic E-state index is 0. The van der Waals surface area contributed by atoms with Crippen molar-refractivity contribution < 1.29 is 4.74 Å². The van der Waals surface area contributed by atoms with E-state index in [1.165, 1.54) is 0 Å². The van der Waals surface area contributed by atoms with Gasteiger partial charge in [-0.3, -0.25) is 4.99 Å². The van der Waals surface area contributed by atoms with Gasteiger partial charge in [0.05, 0.1) is 6.04 Å². The summed E-state index contributed by atoms with van der Waals surface area (Å²) in [6, 6.07) is 8.11. The molecule has 0 aromatic heterocycles. The number of rotatable bonds is 3. The van der Waals surface area contributed by atoms with E-state index in [0.29, 0.717) is 18.5 Å². The third-order valence-corrected chi connectivity index (χ3v) is 2.65. The van der Waals surface area contributed by atoms with Crippen molar-refractivity contribution >= 4 is 29.9 Å². The number of fused-ring (bicyclic) bond motifs is 1. The normalized spacial score (nSPS) is 17.9. The number of nitrogens with two attached hydrogens (primary N) is 1. The highest BCUT2D eigenvalue weighted by Crippen LogP contribution is 2.31. The number of aliphatic imine (C=N–C) groups is 1. The lowest BCUT2D eigenvalue weighted by molar-refractivity contribution is 0.324. The summed E-state index contributed by atoms with van der Waals surface area (Å²) in [4.78, 5) is 4.29. The van der Waals surface area contributed by atoms with E-state index in [1.54, 1.807) is 0 Å². The highest BCUT2D eigenvalue weighted by Gasteiger charge is 2.23. The second-order valence-electron chi connectivity index (χ2n) is 4.67. The lowest BCUT2D eigenvalue weighted by atomic mass is 10.1. The van der Waals surface area contributed by atoms with Gasteiger partial charge in [0.1, 0.15) is 12.4 Å². The van der Waals surface area contributed by atoms with Crippen LogP contribution >= 0.6 is 24.0 Å². The average molecular weight is 361 g/mol. The number of para-hydroxylation sites is 1. The number of ether oxygens (including phenoxy) is 1. The first kappa shape index (κ1) is 15.1. The maximum absolute atomic E-state index is 5.84. The van der Waals surface area contributed by atoms with Gasteiger partial charge >= 0.3 is 0 Å². The van der Waals surface area contributed by atoms with Crippen LogP contribution in [0.1, 0.15) is 25.5 Å². The number of nitrogens with zero attached hydrogens (tertiary/aromatic N) is 1. The molecule has 1 unspecified atom stereocenters. The summed E-state index contributed by atoms with van der Waals surface area (Å²) >= 11 is 0. The summed E-state index contributed by atoms with van der Waals surface area (Å²) in [6.45, 7) is 5.58. The van der Waals surface area contributed by atoms with Crippen LogP contribution < -0.4 is 15.8 Å². The van der Waals surface area contributed by atoms with Crippen molar-refractivity contribution in [3.63, 3.8) is 0 Å². The van der Waals surface area contributed by atoms with Crippen molar-refractivity contribution in [1.29, 1.82) is 0 Å². The first-order chi connectivity index (χ1) is 8.16. The Labute approximate surface area is 125 Å². The molecule has 0 fully saturated rings. The number of benzene rings is 1. The van der Waals surface area contributed by atoms with Crippen molar-refractivity contribution in [3.05, 3.63) is 29.8 Å². The zero-order valence-corrected chi connectivity index (χ0v) is 13.0. The monoisotopic (exact) mass is 361 g/mol. The van der Waals surface area contributed by atoms with E-state index in [-0.39, 0.29) is 30.0 Å². The number of guanidine groups is 1. The highest BCUT2D eigenvalue weighted by atomic mass is 127. The molecule has 0 spiro atoms. The second kappa shape index (κ2) is 6.82. The Morgan fingerprint density at radius 1 is 1.50 bits per heavy atom. The molecule has 0 aliphatic carbocycles. The third-order valence-electron chi connectivity index (χ3n) is 2.65. The quantitative estimate of drug-likeness (QED) is 0.494. The van der Waals surface area contributed by atoms with Crippen LogP contribution in [-0.4, -0.2) is 19.1 Å². The van der Waals surface area contributed by atoms with E-state index in [4.69, 9.17) is 10.5 Å². The zero-order chi connectivity index (χ0) is 12.3. The van der Waals surface area contributed by atoms with E-state index in [2.05, 4.69) is 30.2 Å². The average Bonchev–Trinajstić information content (AvgIpc) is 2.70. The summed E-state index contributed by atoms with van der Waals surface area (Å²) in [5.74, 6) is 1.94. The summed E-state index contributed by atoms with van der Waals surface area (Å²) in [5.41, 5.74) is 6.99. The van der Waals surface area contributed by atoms with Gasteiger partial charge in [-0.1, -0.05) is 32.0 Å². The summed E-state index contributed by atoms with van der Waals surface area (Å²) in [6.07, 6.45) is 0. The molecule has 100 valence electrons. The van der Waals surface area contributed by atoms with E-state index >= 15 is 0 Å². The fourth-order valence-corrected chi connectivity index (χ4v) is 1.79. The van der Waals surface area contributed by atoms with Gasteiger partial charge in [-0.15, -0.1) is 24.0 Å². The molecule has 5 heteroatoms. The molecule has 1 heterocycles. The Morgan fingerprint density at radius 2 is 2.22 bits per heavy atom. The predicted molar refractivity (Wildman–Crippen MR) is 84.6 cm³/mol. The van der Waals surface area contributed by atoms with Crippen LogP contribution in [0, 0.1) is 5.92 Å². The molecule has 0 saturated heterocycles. The zero-order valence-electron chi connectivity index (χ0n) is 10.7. The number of halogens is 1. The molecule has 18 heavy (non-hydrogen) atoms. The van der Waals surface area contributed by atoms with Gasteiger partial charge in [0.25, 0.3) is 0 Å². The highest BCUT2D eigenvalue weighted by molar-refractivity contribution is 14.0. The smallest absolute Gasteiger partial charge is 0.189 e. The van der Waals surface area contributed by atoms with Crippen LogP contribution in [0.25, 0.3) is 0 Å². The van der Waals surface area contributed by atoms with Crippen LogP contribution in [0.2, 0.25) is 0 Å². The molecular weight excluding hydrogens is 341 g/mol. The minimum Gasteiger partial charge on any atom is -0.491 e. The number of hydrogen-bond acceptors (Lipinski definition) is 2. The van der Waals surface area contributed by atoms with Gasteiger partial charge in [-0.25, -0.2) is 0 Å². The maximum atomic E-state index is 5.84. The molecule has 1 atom stereocenters. The molecule has 4 nitrogen and oxygen atoms in total. The molecule has 1 aliphatic heterocycles. The van der Waals surface area contributed by atoms with Crippen molar-refractivity contribution in [2.24, 2.45) is 16.6 Å². The van der Waals surface area contributed by atoms with Gasteiger partial charge in [-0.2, -0.15) is 0 Å². The Bertz CT molecular complexity index is 420. The Morgan fingerprint density at radius 3 is 2.94 bits per heavy atom. The molecule has 2 rings (SSSR count). The molecule has 1 aromatic carbocycles. The maximum Gasteiger partial charge on any atom is 0.189 e. The Hall–Kier alpha value is -0.980. The summed E-state index contributed by atoms with van der Waals surface area (Å²) in [7, 11) is 0. The standard InChI is InChI=1S/C13H19N3O.HI/c1-9(2)7-15-13(14)16-11-8-17-12-6-4-3-5-10(11)12;/h3-6,9,11H,7-8H2,1-2H3,(H3,14,15,16);1H. The van der Waals surface area contributed by atoms with Gasteiger partial charge in [-0.05, 0) is 12.0 Å². The number of hydrogen-bond donors (Lipinski definition) is 2. The topological polar surface area (TPSA) is 59.6 Å².